The number of nitrogens with two attached hydrogens (primary N) is 2. The monoisotopic (exact) mass is 521 g/mol. The van der Waals surface area contributed by atoms with E-state index in [0.717, 1.165) is 0 Å². The lowest BCUT2D eigenvalue weighted by atomic mass is 9.98. The molecule has 0 bridgehead atoms. The molecule has 37 heavy (non-hydrogen) atoms. The molecule has 0 spiro atoms. The maximum Gasteiger partial charge on any atom is 0.326 e. The summed E-state index contributed by atoms with van der Waals surface area (Å²) in [6.45, 7) is 3.63. The number of carboxylic acids is 2. The second-order valence-corrected chi connectivity index (χ2v) is 8.73. The lowest BCUT2D eigenvalue weighted by molar-refractivity contribution is -0.143. The summed E-state index contributed by atoms with van der Waals surface area (Å²) in [6.07, 6.45) is -0.897. The molecular weight excluding hydrogens is 486 g/mol. The first kappa shape index (κ1) is 31.0. The zero-order valence-electron chi connectivity index (χ0n) is 20.8. The van der Waals surface area contributed by atoms with E-state index in [9.17, 15) is 39.0 Å². The predicted molar refractivity (Wildman–Crippen MR) is 132 cm³/mol. The van der Waals surface area contributed by atoms with E-state index in [-0.39, 0.29) is 25.2 Å². The van der Waals surface area contributed by atoms with Gasteiger partial charge in [0.1, 0.15) is 18.1 Å². The summed E-state index contributed by atoms with van der Waals surface area (Å²) in [7, 11) is 0. The first-order valence-corrected chi connectivity index (χ1v) is 11.8. The minimum absolute atomic E-state index is 0.0173. The van der Waals surface area contributed by atoms with Crippen molar-refractivity contribution in [1.29, 1.82) is 0 Å². The Morgan fingerprint density at radius 1 is 0.865 bits per heavy atom. The molecule has 0 heterocycles. The molecular formula is C24H35N5O8. The number of carbonyl (C=O) groups is 6. The highest BCUT2D eigenvalue weighted by Gasteiger charge is 2.32. The zero-order chi connectivity index (χ0) is 28.1. The van der Waals surface area contributed by atoms with Gasteiger partial charge in [0.2, 0.25) is 23.6 Å². The van der Waals surface area contributed by atoms with Gasteiger partial charge in [-0.05, 0) is 17.9 Å². The van der Waals surface area contributed by atoms with Gasteiger partial charge in [-0.2, -0.15) is 0 Å². The molecule has 0 aliphatic heterocycles. The molecule has 5 atom stereocenters. The molecule has 1 rings (SSSR count). The summed E-state index contributed by atoms with van der Waals surface area (Å²) >= 11 is 0. The van der Waals surface area contributed by atoms with E-state index in [1.165, 1.54) is 0 Å². The molecule has 0 aliphatic rings. The van der Waals surface area contributed by atoms with Gasteiger partial charge < -0.3 is 37.6 Å². The van der Waals surface area contributed by atoms with Crippen molar-refractivity contribution in [2.45, 2.75) is 70.1 Å². The molecule has 0 radical (unpaired) electrons. The summed E-state index contributed by atoms with van der Waals surface area (Å²) in [4.78, 5) is 72.4. The van der Waals surface area contributed by atoms with Crippen molar-refractivity contribution >= 4 is 35.6 Å². The van der Waals surface area contributed by atoms with E-state index in [0.29, 0.717) is 12.0 Å². The van der Waals surface area contributed by atoms with Crippen LogP contribution in [0.1, 0.15) is 45.1 Å². The van der Waals surface area contributed by atoms with E-state index in [1.807, 2.05) is 6.92 Å². The number of aliphatic carboxylic acids is 2. The van der Waals surface area contributed by atoms with Gasteiger partial charge in [-0.15, -0.1) is 0 Å². The maximum absolute atomic E-state index is 13.2. The lowest BCUT2D eigenvalue weighted by Gasteiger charge is -2.25. The Balaban J connectivity index is 3.12. The fourth-order valence-corrected chi connectivity index (χ4v) is 3.31. The van der Waals surface area contributed by atoms with Crippen LogP contribution in [0, 0.1) is 5.92 Å². The van der Waals surface area contributed by atoms with Crippen LogP contribution >= 0.6 is 0 Å². The summed E-state index contributed by atoms with van der Waals surface area (Å²) < 4.78 is 0. The first-order valence-electron chi connectivity index (χ1n) is 11.8. The van der Waals surface area contributed by atoms with Crippen molar-refractivity contribution in [3.8, 4) is 0 Å². The van der Waals surface area contributed by atoms with Crippen molar-refractivity contribution in [3.05, 3.63) is 35.9 Å². The van der Waals surface area contributed by atoms with Gasteiger partial charge in [0, 0.05) is 12.8 Å². The van der Waals surface area contributed by atoms with Gasteiger partial charge in [0.25, 0.3) is 0 Å². The summed E-state index contributed by atoms with van der Waals surface area (Å²) in [5, 5.41) is 25.6. The molecule has 0 fully saturated rings. The number of carboxylic acid groups (broad SMARTS) is 2. The number of nitrogens with one attached hydrogen (secondary N) is 3. The van der Waals surface area contributed by atoms with Crippen molar-refractivity contribution < 1.29 is 39.0 Å². The van der Waals surface area contributed by atoms with E-state index in [4.69, 9.17) is 11.5 Å². The van der Waals surface area contributed by atoms with Crippen LogP contribution in [0.25, 0.3) is 0 Å². The average molecular weight is 522 g/mol. The highest BCUT2D eigenvalue weighted by Crippen LogP contribution is 2.09. The van der Waals surface area contributed by atoms with Crippen LogP contribution in [-0.4, -0.2) is 69.9 Å². The summed E-state index contributed by atoms with van der Waals surface area (Å²) in [5.74, 6) is -6.42. The van der Waals surface area contributed by atoms with Crippen LogP contribution in [0.3, 0.4) is 0 Å². The largest absolute Gasteiger partial charge is 0.481 e. The van der Waals surface area contributed by atoms with E-state index < -0.39 is 66.2 Å². The average Bonchev–Trinajstić information content (AvgIpc) is 2.84. The normalized spacial score (nSPS) is 14.8. The minimum atomic E-state index is -1.67. The molecule has 5 unspecified atom stereocenters. The van der Waals surface area contributed by atoms with Crippen molar-refractivity contribution in [3.63, 3.8) is 0 Å². The van der Waals surface area contributed by atoms with Gasteiger partial charge in [0.15, 0.2) is 0 Å². The minimum Gasteiger partial charge on any atom is -0.481 e. The number of rotatable bonds is 16. The zero-order valence-corrected chi connectivity index (χ0v) is 20.8. The second-order valence-electron chi connectivity index (χ2n) is 8.73. The summed E-state index contributed by atoms with van der Waals surface area (Å²) in [6, 6.07) is 3.35. The Kier molecular flexibility index (Phi) is 12.7. The quantitative estimate of drug-likeness (QED) is 0.139. The number of hydrogen-bond donors (Lipinski definition) is 7. The van der Waals surface area contributed by atoms with Gasteiger partial charge in [-0.3, -0.25) is 24.0 Å². The van der Waals surface area contributed by atoms with Gasteiger partial charge in [0.05, 0.1) is 12.5 Å². The number of hydrogen-bond acceptors (Lipinski definition) is 7. The Bertz CT molecular complexity index is 971. The van der Waals surface area contributed by atoms with Crippen LogP contribution < -0.4 is 27.4 Å². The Labute approximate surface area is 214 Å². The smallest absolute Gasteiger partial charge is 0.326 e. The van der Waals surface area contributed by atoms with Gasteiger partial charge >= 0.3 is 11.9 Å². The SMILES string of the molecule is CCC(C)C(N)C(=O)NC(Cc1ccccc1)C(=O)NC(CC(=O)O)C(=O)NC(CCC(N)=O)C(=O)O. The molecule has 0 saturated heterocycles. The molecule has 4 amide bonds. The van der Waals surface area contributed by atoms with Crippen LogP contribution in [0.5, 0.6) is 0 Å². The Morgan fingerprint density at radius 2 is 1.41 bits per heavy atom. The molecule has 204 valence electrons. The third-order valence-corrected chi connectivity index (χ3v) is 5.78. The van der Waals surface area contributed by atoms with Crippen molar-refractivity contribution in [2.24, 2.45) is 17.4 Å². The van der Waals surface area contributed by atoms with E-state index >= 15 is 0 Å². The fourth-order valence-electron chi connectivity index (χ4n) is 3.31. The number of carbonyl (C=O) groups excluding carboxylic acids is 4. The number of amides is 4. The van der Waals surface area contributed by atoms with E-state index in [1.54, 1.807) is 37.3 Å². The maximum atomic E-state index is 13.2. The molecule has 13 nitrogen and oxygen atoms in total. The molecule has 1 aromatic rings. The van der Waals surface area contributed by atoms with Crippen molar-refractivity contribution in [1.82, 2.24) is 16.0 Å². The molecule has 9 N–H and O–H groups in total. The number of benzene rings is 1. The highest BCUT2D eigenvalue weighted by molar-refractivity contribution is 5.95. The second kappa shape index (κ2) is 15.2. The van der Waals surface area contributed by atoms with Gasteiger partial charge in [-0.1, -0.05) is 50.6 Å². The third-order valence-electron chi connectivity index (χ3n) is 5.78. The topological polar surface area (TPSA) is 231 Å². The van der Waals surface area contributed by atoms with Crippen LogP contribution in [0.4, 0.5) is 0 Å². The molecule has 0 aromatic heterocycles. The van der Waals surface area contributed by atoms with Crippen LogP contribution in [0.2, 0.25) is 0 Å². The fraction of sp³-hybridized carbons (Fsp3) is 0.500. The third kappa shape index (κ3) is 11.1. The van der Waals surface area contributed by atoms with Crippen LogP contribution in [-0.2, 0) is 35.2 Å². The van der Waals surface area contributed by atoms with Crippen LogP contribution in [0.15, 0.2) is 30.3 Å². The Hall–Kier alpha value is -4.00. The molecule has 0 saturated carbocycles. The molecule has 1 aromatic carbocycles. The molecule has 0 aliphatic carbocycles. The lowest BCUT2D eigenvalue weighted by Crippen LogP contribution is -2.58. The molecule has 13 heteroatoms. The van der Waals surface area contributed by atoms with Gasteiger partial charge in [-0.25, -0.2) is 4.79 Å². The number of primary amides is 1. The Morgan fingerprint density at radius 3 is 1.92 bits per heavy atom. The highest BCUT2D eigenvalue weighted by atomic mass is 16.4. The van der Waals surface area contributed by atoms with Crippen molar-refractivity contribution in [2.75, 3.05) is 0 Å². The van der Waals surface area contributed by atoms with E-state index in [2.05, 4.69) is 16.0 Å². The predicted octanol–water partition coefficient (Wildman–Crippen LogP) is -1.12. The summed E-state index contributed by atoms with van der Waals surface area (Å²) in [5.41, 5.74) is 11.7. The standard InChI is InChI=1S/C24H35N5O8/c1-3-13(2)20(26)23(35)29-16(11-14-7-5-4-6-8-14)21(33)28-17(12-19(31)32)22(34)27-15(24(36)37)9-10-18(25)30/h4-8,13,15-17,20H,3,9-12,26H2,1-2H3,(H2,25,30)(H,27,34)(H,28,33)(H,29,35)(H,31,32)(H,36,37). The first-order chi connectivity index (χ1) is 17.3.